The molecular formula is C15H31N3. The maximum atomic E-state index is 5.93. The number of nitrogens with two attached hydrogens (primary N) is 1. The fourth-order valence-corrected chi connectivity index (χ4v) is 3.53. The Kier molecular flexibility index (Phi) is 5.05. The first-order valence-electron chi connectivity index (χ1n) is 7.80. The summed E-state index contributed by atoms with van der Waals surface area (Å²) >= 11 is 0. The van der Waals surface area contributed by atoms with Gasteiger partial charge in [-0.3, -0.25) is 9.80 Å². The Morgan fingerprint density at radius 3 is 2.67 bits per heavy atom. The smallest absolute Gasteiger partial charge is 0.0223 e. The Bertz CT molecular complexity index is 254. The molecule has 2 saturated heterocycles. The highest BCUT2D eigenvalue weighted by Gasteiger charge is 2.33. The van der Waals surface area contributed by atoms with E-state index in [1.807, 2.05) is 0 Å². The molecule has 0 aromatic carbocycles. The van der Waals surface area contributed by atoms with Gasteiger partial charge >= 0.3 is 0 Å². The van der Waals surface area contributed by atoms with Crippen molar-refractivity contribution in [2.24, 2.45) is 17.6 Å². The van der Waals surface area contributed by atoms with Crippen molar-refractivity contribution in [1.82, 2.24) is 9.80 Å². The number of piperidine rings is 1. The summed E-state index contributed by atoms with van der Waals surface area (Å²) in [7, 11) is 0. The summed E-state index contributed by atoms with van der Waals surface area (Å²) < 4.78 is 0. The SMILES string of the molecule is CC(C)C(CN)CN1CC2CCCCN2CC1C. The van der Waals surface area contributed by atoms with Crippen LogP contribution in [0.5, 0.6) is 0 Å². The van der Waals surface area contributed by atoms with E-state index in [0.717, 1.165) is 12.6 Å². The van der Waals surface area contributed by atoms with Gasteiger partial charge in [0, 0.05) is 31.7 Å². The second-order valence-corrected chi connectivity index (χ2v) is 6.69. The van der Waals surface area contributed by atoms with Crippen LogP contribution in [0.1, 0.15) is 40.0 Å². The van der Waals surface area contributed by atoms with Gasteiger partial charge < -0.3 is 5.73 Å². The second kappa shape index (κ2) is 6.36. The van der Waals surface area contributed by atoms with Gasteiger partial charge in [-0.15, -0.1) is 0 Å². The minimum atomic E-state index is 0.655. The molecule has 106 valence electrons. The quantitative estimate of drug-likeness (QED) is 0.829. The molecule has 2 heterocycles. The van der Waals surface area contributed by atoms with E-state index < -0.39 is 0 Å². The molecule has 0 aromatic rings. The van der Waals surface area contributed by atoms with Gasteiger partial charge in [0.15, 0.2) is 0 Å². The number of fused-ring (bicyclic) bond motifs is 1. The van der Waals surface area contributed by atoms with Gasteiger partial charge in [-0.1, -0.05) is 20.3 Å². The molecule has 0 bridgehead atoms. The Morgan fingerprint density at radius 1 is 1.22 bits per heavy atom. The molecule has 3 nitrogen and oxygen atoms in total. The first kappa shape index (κ1) is 14.3. The third-order valence-corrected chi connectivity index (χ3v) is 5.03. The number of hydrogen-bond acceptors (Lipinski definition) is 3. The van der Waals surface area contributed by atoms with Crippen LogP contribution in [0.2, 0.25) is 0 Å². The number of rotatable bonds is 4. The zero-order chi connectivity index (χ0) is 13.1. The van der Waals surface area contributed by atoms with Crippen molar-refractivity contribution in [3.05, 3.63) is 0 Å². The summed E-state index contributed by atoms with van der Waals surface area (Å²) in [5.74, 6) is 1.36. The Labute approximate surface area is 113 Å². The number of nitrogens with zero attached hydrogens (tertiary/aromatic N) is 2. The summed E-state index contributed by atoms with van der Waals surface area (Å²) in [4.78, 5) is 5.42. The minimum Gasteiger partial charge on any atom is -0.330 e. The average molecular weight is 253 g/mol. The van der Waals surface area contributed by atoms with E-state index in [0.29, 0.717) is 17.9 Å². The lowest BCUT2D eigenvalue weighted by molar-refractivity contribution is 0.00495. The Balaban J connectivity index is 1.92. The standard InChI is InChI=1S/C15H31N3/c1-12(2)14(8-16)10-18-11-15-6-4-5-7-17(15)9-13(18)3/h12-15H,4-11,16H2,1-3H3. The van der Waals surface area contributed by atoms with Crippen LogP contribution in [0.3, 0.4) is 0 Å². The molecule has 2 fully saturated rings. The monoisotopic (exact) mass is 253 g/mol. The molecule has 3 unspecified atom stereocenters. The van der Waals surface area contributed by atoms with Gasteiger partial charge in [0.25, 0.3) is 0 Å². The lowest BCUT2D eigenvalue weighted by Crippen LogP contribution is -2.59. The normalized spacial score (nSPS) is 32.5. The van der Waals surface area contributed by atoms with E-state index in [1.54, 1.807) is 0 Å². The topological polar surface area (TPSA) is 32.5 Å². The number of piperazine rings is 1. The summed E-state index contributed by atoms with van der Waals surface area (Å²) in [6.45, 7) is 12.9. The Hall–Kier alpha value is -0.120. The largest absolute Gasteiger partial charge is 0.330 e. The molecule has 2 rings (SSSR count). The van der Waals surface area contributed by atoms with Gasteiger partial charge in [-0.2, -0.15) is 0 Å². The van der Waals surface area contributed by atoms with Gasteiger partial charge in [0.2, 0.25) is 0 Å². The molecule has 0 aliphatic carbocycles. The van der Waals surface area contributed by atoms with Crippen molar-refractivity contribution in [2.75, 3.05) is 32.7 Å². The fourth-order valence-electron chi connectivity index (χ4n) is 3.53. The van der Waals surface area contributed by atoms with Crippen molar-refractivity contribution in [3.8, 4) is 0 Å². The maximum absolute atomic E-state index is 5.93. The summed E-state index contributed by atoms with van der Waals surface area (Å²) in [6.07, 6.45) is 4.23. The van der Waals surface area contributed by atoms with Crippen LogP contribution in [0.4, 0.5) is 0 Å². The zero-order valence-electron chi connectivity index (χ0n) is 12.4. The Morgan fingerprint density at radius 2 is 2.00 bits per heavy atom. The van der Waals surface area contributed by atoms with E-state index in [9.17, 15) is 0 Å². The van der Waals surface area contributed by atoms with Crippen LogP contribution in [-0.2, 0) is 0 Å². The van der Waals surface area contributed by atoms with Gasteiger partial charge in [-0.25, -0.2) is 0 Å². The minimum absolute atomic E-state index is 0.655. The first-order chi connectivity index (χ1) is 8.61. The third-order valence-electron chi connectivity index (χ3n) is 5.03. The molecule has 0 amide bonds. The molecule has 18 heavy (non-hydrogen) atoms. The first-order valence-corrected chi connectivity index (χ1v) is 7.80. The van der Waals surface area contributed by atoms with E-state index in [4.69, 9.17) is 5.73 Å². The molecule has 3 atom stereocenters. The molecule has 0 saturated carbocycles. The molecule has 0 radical (unpaired) electrons. The average Bonchev–Trinajstić information content (AvgIpc) is 2.35. The van der Waals surface area contributed by atoms with Gasteiger partial charge in [-0.05, 0) is 44.7 Å². The molecule has 3 heteroatoms. The van der Waals surface area contributed by atoms with Crippen molar-refractivity contribution < 1.29 is 0 Å². The number of hydrogen-bond donors (Lipinski definition) is 1. The predicted molar refractivity (Wildman–Crippen MR) is 77.6 cm³/mol. The highest BCUT2D eigenvalue weighted by Crippen LogP contribution is 2.25. The van der Waals surface area contributed by atoms with Crippen LogP contribution < -0.4 is 5.73 Å². The summed E-state index contributed by atoms with van der Waals surface area (Å²) in [5, 5.41) is 0. The van der Waals surface area contributed by atoms with E-state index in [2.05, 4.69) is 30.6 Å². The summed E-state index contributed by atoms with van der Waals surface area (Å²) in [5.41, 5.74) is 5.93. The maximum Gasteiger partial charge on any atom is 0.0223 e. The fraction of sp³-hybridized carbons (Fsp3) is 1.00. The van der Waals surface area contributed by atoms with Gasteiger partial charge in [0.1, 0.15) is 0 Å². The van der Waals surface area contributed by atoms with Crippen LogP contribution >= 0.6 is 0 Å². The molecule has 2 aliphatic heterocycles. The molecule has 2 N–H and O–H groups in total. The van der Waals surface area contributed by atoms with Crippen molar-refractivity contribution >= 4 is 0 Å². The lowest BCUT2D eigenvalue weighted by Gasteiger charge is -2.48. The third kappa shape index (κ3) is 3.25. The van der Waals surface area contributed by atoms with Crippen molar-refractivity contribution in [1.29, 1.82) is 0 Å². The van der Waals surface area contributed by atoms with Crippen LogP contribution in [0.25, 0.3) is 0 Å². The van der Waals surface area contributed by atoms with Crippen LogP contribution in [-0.4, -0.2) is 54.6 Å². The highest BCUT2D eigenvalue weighted by molar-refractivity contribution is 4.90. The van der Waals surface area contributed by atoms with Crippen LogP contribution in [0.15, 0.2) is 0 Å². The summed E-state index contributed by atoms with van der Waals surface area (Å²) in [6, 6.07) is 1.52. The second-order valence-electron chi connectivity index (χ2n) is 6.69. The van der Waals surface area contributed by atoms with E-state index >= 15 is 0 Å². The van der Waals surface area contributed by atoms with Crippen LogP contribution in [0, 0.1) is 11.8 Å². The van der Waals surface area contributed by atoms with Crippen molar-refractivity contribution in [3.63, 3.8) is 0 Å². The van der Waals surface area contributed by atoms with E-state index in [-0.39, 0.29) is 0 Å². The predicted octanol–water partition coefficient (Wildman–Crippen LogP) is 1.78. The van der Waals surface area contributed by atoms with E-state index in [1.165, 1.54) is 45.4 Å². The van der Waals surface area contributed by atoms with Gasteiger partial charge in [0.05, 0.1) is 0 Å². The molecule has 0 aromatic heterocycles. The molecule has 2 aliphatic rings. The molecule has 0 spiro atoms. The molecular weight excluding hydrogens is 222 g/mol. The zero-order valence-corrected chi connectivity index (χ0v) is 12.4. The lowest BCUT2D eigenvalue weighted by atomic mass is 9.92. The highest BCUT2D eigenvalue weighted by atomic mass is 15.3. The van der Waals surface area contributed by atoms with Crippen molar-refractivity contribution in [2.45, 2.75) is 52.1 Å².